The van der Waals surface area contributed by atoms with Crippen LogP contribution in [0.25, 0.3) is 0 Å². The minimum Gasteiger partial charge on any atom is -0.381 e. The molecule has 1 unspecified atom stereocenters. The van der Waals surface area contributed by atoms with Gasteiger partial charge in [0, 0.05) is 19.3 Å². The van der Waals surface area contributed by atoms with Gasteiger partial charge in [-0.1, -0.05) is 13.8 Å². The molecular formula is C15H29NO. The standard InChI is InChI=1S/C15H29NO/c1-12(2)9-14(11-16-15-3-4-15)10-13-5-7-17-8-6-13/h12-16H,3-11H2,1-2H3. The van der Waals surface area contributed by atoms with Crippen LogP contribution in [-0.4, -0.2) is 25.8 Å². The van der Waals surface area contributed by atoms with Gasteiger partial charge < -0.3 is 10.1 Å². The largest absolute Gasteiger partial charge is 0.381 e. The fourth-order valence-electron chi connectivity index (χ4n) is 3.00. The fraction of sp³-hybridized carbons (Fsp3) is 1.00. The summed E-state index contributed by atoms with van der Waals surface area (Å²) in [6.45, 7) is 7.95. The summed E-state index contributed by atoms with van der Waals surface area (Å²) < 4.78 is 5.45. The van der Waals surface area contributed by atoms with E-state index in [1.807, 2.05) is 0 Å². The van der Waals surface area contributed by atoms with Crippen LogP contribution in [0.15, 0.2) is 0 Å². The Bertz CT molecular complexity index is 207. The molecule has 2 heteroatoms. The highest BCUT2D eigenvalue weighted by Crippen LogP contribution is 2.27. The zero-order valence-electron chi connectivity index (χ0n) is 11.6. The van der Waals surface area contributed by atoms with Crippen molar-refractivity contribution in [1.29, 1.82) is 0 Å². The van der Waals surface area contributed by atoms with Gasteiger partial charge in [0.05, 0.1) is 0 Å². The third-order valence-electron chi connectivity index (χ3n) is 4.08. The van der Waals surface area contributed by atoms with Gasteiger partial charge in [-0.15, -0.1) is 0 Å². The molecular weight excluding hydrogens is 210 g/mol. The molecule has 0 amide bonds. The van der Waals surface area contributed by atoms with Crippen LogP contribution in [0.5, 0.6) is 0 Å². The summed E-state index contributed by atoms with van der Waals surface area (Å²) in [5.41, 5.74) is 0. The maximum atomic E-state index is 5.45. The van der Waals surface area contributed by atoms with E-state index in [2.05, 4.69) is 19.2 Å². The molecule has 0 aromatic heterocycles. The van der Waals surface area contributed by atoms with Crippen LogP contribution < -0.4 is 5.32 Å². The van der Waals surface area contributed by atoms with Gasteiger partial charge in [-0.25, -0.2) is 0 Å². The van der Waals surface area contributed by atoms with Crippen molar-refractivity contribution in [2.24, 2.45) is 17.8 Å². The SMILES string of the molecule is CC(C)CC(CNC1CC1)CC1CCOCC1. The van der Waals surface area contributed by atoms with Crippen LogP contribution in [-0.2, 0) is 4.74 Å². The summed E-state index contributed by atoms with van der Waals surface area (Å²) in [7, 11) is 0. The maximum absolute atomic E-state index is 5.45. The van der Waals surface area contributed by atoms with Crippen LogP contribution in [0.2, 0.25) is 0 Å². The zero-order valence-corrected chi connectivity index (χ0v) is 11.6. The first-order valence-corrected chi connectivity index (χ1v) is 7.55. The number of rotatable bonds is 7. The van der Waals surface area contributed by atoms with E-state index in [1.165, 1.54) is 45.1 Å². The summed E-state index contributed by atoms with van der Waals surface area (Å²) in [4.78, 5) is 0. The Morgan fingerprint density at radius 1 is 1.12 bits per heavy atom. The van der Waals surface area contributed by atoms with Gasteiger partial charge in [0.25, 0.3) is 0 Å². The molecule has 1 aliphatic carbocycles. The Labute approximate surface area is 107 Å². The number of nitrogens with one attached hydrogen (secondary N) is 1. The van der Waals surface area contributed by atoms with E-state index in [0.29, 0.717) is 0 Å². The Balaban J connectivity index is 1.71. The summed E-state index contributed by atoms with van der Waals surface area (Å²) in [6, 6.07) is 0.861. The summed E-state index contributed by atoms with van der Waals surface area (Å²) in [5.74, 6) is 2.65. The molecule has 1 N–H and O–H groups in total. The number of ether oxygens (including phenoxy) is 1. The van der Waals surface area contributed by atoms with Gasteiger partial charge in [0.1, 0.15) is 0 Å². The van der Waals surface area contributed by atoms with E-state index in [4.69, 9.17) is 4.74 Å². The average Bonchev–Trinajstić information content (AvgIpc) is 3.10. The van der Waals surface area contributed by atoms with E-state index in [-0.39, 0.29) is 0 Å². The van der Waals surface area contributed by atoms with Gasteiger partial charge >= 0.3 is 0 Å². The molecule has 2 nitrogen and oxygen atoms in total. The van der Waals surface area contributed by atoms with Crippen molar-refractivity contribution in [3.8, 4) is 0 Å². The fourth-order valence-corrected chi connectivity index (χ4v) is 3.00. The molecule has 1 saturated heterocycles. The van der Waals surface area contributed by atoms with Gasteiger partial charge in [-0.3, -0.25) is 0 Å². The van der Waals surface area contributed by atoms with Gasteiger partial charge in [0.15, 0.2) is 0 Å². The van der Waals surface area contributed by atoms with E-state index >= 15 is 0 Å². The first-order chi connectivity index (χ1) is 8.24. The van der Waals surface area contributed by atoms with Gasteiger partial charge in [-0.2, -0.15) is 0 Å². The molecule has 0 aromatic rings. The lowest BCUT2D eigenvalue weighted by Gasteiger charge is -2.28. The Kier molecular flexibility index (Phi) is 5.30. The van der Waals surface area contributed by atoms with Crippen molar-refractivity contribution in [1.82, 2.24) is 5.32 Å². The van der Waals surface area contributed by atoms with Crippen LogP contribution in [0.4, 0.5) is 0 Å². The molecule has 100 valence electrons. The lowest BCUT2D eigenvalue weighted by atomic mass is 9.84. The van der Waals surface area contributed by atoms with Crippen LogP contribution in [0.1, 0.15) is 52.4 Å². The highest BCUT2D eigenvalue weighted by atomic mass is 16.5. The molecule has 1 aliphatic heterocycles. The average molecular weight is 239 g/mol. The summed E-state index contributed by atoms with van der Waals surface area (Å²) in [6.07, 6.45) is 8.20. The molecule has 17 heavy (non-hydrogen) atoms. The third kappa shape index (κ3) is 5.39. The normalized spacial score (nSPS) is 24.2. The quantitative estimate of drug-likeness (QED) is 0.736. The first kappa shape index (κ1) is 13.4. The third-order valence-corrected chi connectivity index (χ3v) is 4.08. The van der Waals surface area contributed by atoms with Crippen molar-refractivity contribution in [3.05, 3.63) is 0 Å². The van der Waals surface area contributed by atoms with E-state index in [1.54, 1.807) is 0 Å². The van der Waals surface area contributed by atoms with Crippen LogP contribution in [0.3, 0.4) is 0 Å². The molecule has 2 fully saturated rings. The van der Waals surface area contributed by atoms with Crippen molar-refractivity contribution < 1.29 is 4.74 Å². The molecule has 0 bridgehead atoms. The van der Waals surface area contributed by atoms with E-state index < -0.39 is 0 Å². The highest BCUT2D eigenvalue weighted by Gasteiger charge is 2.24. The molecule has 0 spiro atoms. The Morgan fingerprint density at radius 3 is 2.41 bits per heavy atom. The number of hydrogen-bond donors (Lipinski definition) is 1. The molecule has 0 aromatic carbocycles. The highest BCUT2D eigenvalue weighted by molar-refractivity contribution is 4.82. The summed E-state index contributed by atoms with van der Waals surface area (Å²) in [5, 5.41) is 3.72. The predicted octanol–water partition coefficient (Wildman–Crippen LogP) is 3.22. The number of hydrogen-bond acceptors (Lipinski definition) is 2. The first-order valence-electron chi connectivity index (χ1n) is 7.55. The van der Waals surface area contributed by atoms with E-state index in [0.717, 1.165) is 37.0 Å². The molecule has 1 saturated carbocycles. The molecule has 0 radical (unpaired) electrons. The molecule has 2 aliphatic rings. The molecule has 1 atom stereocenters. The molecule has 2 rings (SSSR count). The zero-order chi connectivity index (χ0) is 12.1. The van der Waals surface area contributed by atoms with Crippen molar-refractivity contribution in [2.75, 3.05) is 19.8 Å². The molecule has 1 heterocycles. The smallest absolute Gasteiger partial charge is 0.0468 e. The van der Waals surface area contributed by atoms with E-state index in [9.17, 15) is 0 Å². The second-order valence-corrected chi connectivity index (χ2v) is 6.47. The second kappa shape index (κ2) is 6.75. The monoisotopic (exact) mass is 239 g/mol. The second-order valence-electron chi connectivity index (χ2n) is 6.47. The minimum atomic E-state index is 0.834. The lowest BCUT2D eigenvalue weighted by molar-refractivity contribution is 0.0573. The minimum absolute atomic E-state index is 0.834. The lowest BCUT2D eigenvalue weighted by Crippen LogP contribution is -2.28. The van der Waals surface area contributed by atoms with Crippen molar-refractivity contribution >= 4 is 0 Å². The Morgan fingerprint density at radius 2 is 1.82 bits per heavy atom. The van der Waals surface area contributed by atoms with Crippen molar-refractivity contribution in [2.45, 2.75) is 58.4 Å². The topological polar surface area (TPSA) is 21.3 Å². The Hall–Kier alpha value is -0.0800. The summed E-state index contributed by atoms with van der Waals surface area (Å²) >= 11 is 0. The van der Waals surface area contributed by atoms with Gasteiger partial charge in [0.2, 0.25) is 0 Å². The van der Waals surface area contributed by atoms with Crippen LogP contribution in [0, 0.1) is 17.8 Å². The van der Waals surface area contributed by atoms with Crippen molar-refractivity contribution in [3.63, 3.8) is 0 Å². The van der Waals surface area contributed by atoms with Gasteiger partial charge in [-0.05, 0) is 62.8 Å². The van der Waals surface area contributed by atoms with Crippen LogP contribution >= 0.6 is 0 Å². The predicted molar refractivity (Wildman–Crippen MR) is 72.1 cm³/mol. The maximum Gasteiger partial charge on any atom is 0.0468 e.